The average Bonchev–Trinajstić information content (AvgIpc) is 2.29. The van der Waals surface area contributed by atoms with E-state index in [1.54, 1.807) is 0 Å². The van der Waals surface area contributed by atoms with Gasteiger partial charge in [-0.2, -0.15) is 0 Å². The van der Waals surface area contributed by atoms with E-state index in [9.17, 15) is 4.79 Å². The largest absolute Gasteiger partial charge is 0.456 e. The van der Waals surface area contributed by atoms with Crippen LogP contribution in [0, 0.1) is 6.92 Å². The second-order valence-corrected chi connectivity index (χ2v) is 5.76. The molecule has 3 heteroatoms. The average molecular weight is 263 g/mol. The van der Waals surface area contributed by atoms with E-state index in [1.807, 2.05) is 45.9 Å². The fraction of sp³-hybridized carbons (Fsp3) is 0.562. The first-order valence-corrected chi connectivity index (χ1v) is 6.92. The van der Waals surface area contributed by atoms with Gasteiger partial charge in [0.2, 0.25) is 0 Å². The Hall–Kier alpha value is -1.51. The number of ether oxygens (including phenoxy) is 1. The Morgan fingerprint density at radius 1 is 1.32 bits per heavy atom. The van der Waals surface area contributed by atoms with Gasteiger partial charge in [-0.15, -0.1) is 0 Å². The van der Waals surface area contributed by atoms with Crippen molar-refractivity contribution in [1.29, 1.82) is 0 Å². The van der Waals surface area contributed by atoms with Crippen LogP contribution in [0.3, 0.4) is 0 Å². The Kier molecular flexibility index (Phi) is 5.40. The molecule has 0 spiro atoms. The molecular weight excluding hydrogens is 238 g/mol. The molecule has 0 radical (unpaired) electrons. The second kappa shape index (κ2) is 6.60. The number of hydrogen-bond acceptors (Lipinski definition) is 3. The third-order valence-corrected chi connectivity index (χ3v) is 2.80. The van der Waals surface area contributed by atoms with Crippen LogP contribution in [0.1, 0.15) is 56.5 Å². The molecule has 19 heavy (non-hydrogen) atoms. The number of unbranched alkanes of at least 4 members (excludes halogenated alkanes) is 1. The van der Waals surface area contributed by atoms with E-state index in [-0.39, 0.29) is 5.97 Å². The van der Waals surface area contributed by atoms with Crippen LogP contribution < -0.4 is 5.32 Å². The van der Waals surface area contributed by atoms with E-state index in [2.05, 4.69) is 12.2 Å². The summed E-state index contributed by atoms with van der Waals surface area (Å²) in [4.78, 5) is 12.1. The lowest BCUT2D eigenvalue weighted by Crippen LogP contribution is -2.24. The lowest BCUT2D eigenvalue weighted by Gasteiger charge is -2.21. The number of benzene rings is 1. The van der Waals surface area contributed by atoms with Crippen molar-refractivity contribution in [2.24, 2.45) is 0 Å². The van der Waals surface area contributed by atoms with Crippen LogP contribution in [0.25, 0.3) is 0 Å². The van der Waals surface area contributed by atoms with Crippen molar-refractivity contribution >= 4 is 11.7 Å². The van der Waals surface area contributed by atoms with Crippen LogP contribution >= 0.6 is 0 Å². The minimum Gasteiger partial charge on any atom is -0.456 e. The molecule has 0 aliphatic carbocycles. The van der Waals surface area contributed by atoms with Crippen molar-refractivity contribution in [1.82, 2.24) is 0 Å². The first-order valence-electron chi connectivity index (χ1n) is 6.92. The normalized spacial score (nSPS) is 11.2. The molecule has 3 nitrogen and oxygen atoms in total. The molecule has 1 aromatic carbocycles. The fourth-order valence-electron chi connectivity index (χ4n) is 1.78. The van der Waals surface area contributed by atoms with Gasteiger partial charge in [-0.25, -0.2) is 4.79 Å². The SMILES string of the molecule is CCCCNc1cccc(C(=O)OC(C)(C)C)c1C. The predicted octanol–water partition coefficient (Wildman–Crippen LogP) is 4.16. The number of hydrogen-bond donors (Lipinski definition) is 1. The zero-order valence-corrected chi connectivity index (χ0v) is 12.7. The number of carbonyl (C=O) groups excluding carboxylic acids is 1. The van der Waals surface area contributed by atoms with E-state index < -0.39 is 5.60 Å². The zero-order chi connectivity index (χ0) is 14.5. The minimum absolute atomic E-state index is 0.260. The standard InChI is InChI=1S/C16H25NO2/c1-6-7-11-17-14-10-8-9-13(12(14)2)15(18)19-16(3,4)5/h8-10,17H,6-7,11H2,1-5H3. The Balaban J connectivity index is 2.85. The summed E-state index contributed by atoms with van der Waals surface area (Å²) >= 11 is 0. The van der Waals surface area contributed by atoms with Gasteiger partial charge in [-0.05, 0) is 51.8 Å². The molecule has 0 bridgehead atoms. The van der Waals surface area contributed by atoms with Gasteiger partial charge < -0.3 is 10.1 Å². The Morgan fingerprint density at radius 2 is 2.00 bits per heavy atom. The molecule has 0 fully saturated rings. The summed E-state index contributed by atoms with van der Waals surface area (Å²) in [5, 5.41) is 3.36. The molecule has 1 N–H and O–H groups in total. The summed E-state index contributed by atoms with van der Waals surface area (Å²) in [6.07, 6.45) is 2.27. The highest BCUT2D eigenvalue weighted by molar-refractivity contribution is 5.93. The lowest BCUT2D eigenvalue weighted by molar-refractivity contribution is 0.00688. The zero-order valence-electron chi connectivity index (χ0n) is 12.7. The van der Waals surface area contributed by atoms with Crippen LogP contribution in [-0.2, 0) is 4.74 Å². The van der Waals surface area contributed by atoms with Crippen molar-refractivity contribution in [2.45, 2.75) is 53.1 Å². The van der Waals surface area contributed by atoms with Gasteiger partial charge in [0.1, 0.15) is 5.60 Å². The van der Waals surface area contributed by atoms with E-state index >= 15 is 0 Å². The molecule has 0 saturated carbocycles. The topological polar surface area (TPSA) is 38.3 Å². The summed E-state index contributed by atoms with van der Waals surface area (Å²) in [6, 6.07) is 5.70. The van der Waals surface area contributed by atoms with E-state index in [0.717, 1.165) is 30.6 Å². The number of anilines is 1. The highest BCUT2D eigenvalue weighted by Gasteiger charge is 2.20. The molecule has 1 rings (SSSR count). The molecule has 0 heterocycles. The van der Waals surface area contributed by atoms with Crippen LogP contribution in [0.15, 0.2) is 18.2 Å². The summed E-state index contributed by atoms with van der Waals surface area (Å²) in [5.41, 5.74) is 2.14. The van der Waals surface area contributed by atoms with Crippen molar-refractivity contribution in [3.8, 4) is 0 Å². The predicted molar refractivity (Wildman–Crippen MR) is 79.7 cm³/mol. The maximum Gasteiger partial charge on any atom is 0.338 e. The molecule has 0 amide bonds. The van der Waals surface area contributed by atoms with Gasteiger partial charge in [0.15, 0.2) is 0 Å². The first kappa shape index (κ1) is 15.5. The van der Waals surface area contributed by atoms with Crippen LogP contribution in [0.2, 0.25) is 0 Å². The number of esters is 1. The minimum atomic E-state index is -0.463. The van der Waals surface area contributed by atoms with Gasteiger partial charge in [0, 0.05) is 12.2 Å². The van der Waals surface area contributed by atoms with Crippen molar-refractivity contribution < 1.29 is 9.53 Å². The highest BCUT2D eigenvalue weighted by Crippen LogP contribution is 2.21. The summed E-state index contributed by atoms with van der Waals surface area (Å²) in [7, 11) is 0. The maximum atomic E-state index is 12.1. The van der Waals surface area contributed by atoms with Crippen molar-refractivity contribution in [3.05, 3.63) is 29.3 Å². The van der Waals surface area contributed by atoms with Crippen LogP contribution in [-0.4, -0.2) is 18.1 Å². The van der Waals surface area contributed by atoms with Crippen LogP contribution in [0.5, 0.6) is 0 Å². The third kappa shape index (κ3) is 4.93. The molecule has 0 saturated heterocycles. The van der Waals surface area contributed by atoms with Crippen LogP contribution in [0.4, 0.5) is 5.69 Å². The number of rotatable bonds is 5. The third-order valence-electron chi connectivity index (χ3n) is 2.80. The molecule has 1 aromatic rings. The van der Waals surface area contributed by atoms with Crippen molar-refractivity contribution in [2.75, 3.05) is 11.9 Å². The molecule has 0 aromatic heterocycles. The van der Waals surface area contributed by atoms with Gasteiger partial charge in [0.05, 0.1) is 5.56 Å². The molecule has 0 atom stereocenters. The first-order chi connectivity index (χ1) is 8.85. The number of carbonyl (C=O) groups is 1. The number of nitrogens with one attached hydrogen (secondary N) is 1. The van der Waals surface area contributed by atoms with E-state index in [4.69, 9.17) is 4.74 Å². The maximum absolute atomic E-state index is 12.1. The summed E-state index contributed by atoms with van der Waals surface area (Å²) in [6.45, 7) is 10.7. The highest BCUT2D eigenvalue weighted by atomic mass is 16.6. The molecule has 0 aliphatic rings. The van der Waals surface area contributed by atoms with E-state index in [0.29, 0.717) is 5.56 Å². The van der Waals surface area contributed by atoms with Gasteiger partial charge in [0.25, 0.3) is 0 Å². The van der Waals surface area contributed by atoms with Crippen molar-refractivity contribution in [3.63, 3.8) is 0 Å². The molecule has 0 aliphatic heterocycles. The molecule has 0 unspecified atom stereocenters. The summed E-state index contributed by atoms with van der Waals surface area (Å²) < 4.78 is 5.42. The van der Waals surface area contributed by atoms with Gasteiger partial charge >= 0.3 is 5.97 Å². The smallest absolute Gasteiger partial charge is 0.338 e. The molecular formula is C16H25NO2. The fourth-order valence-corrected chi connectivity index (χ4v) is 1.78. The Morgan fingerprint density at radius 3 is 2.58 bits per heavy atom. The van der Waals surface area contributed by atoms with Gasteiger partial charge in [-0.3, -0.25) is 0 Å². The Labute approximate surface area is 116 Å². The summed E-state index contributed by atoms with van der Waals surface area (Å²) in [5.74, 6) is -0.260. The van der Waals surface area contributed by atoms with E-state index in [1.165, 1.54) is 0 Å². The second-order valence-electron chi connectivity index (χ2n) is 5.76. The Bertz CT molecular complexity index is 433. The van der Waals surface area contributed by atoms with Gasteiger partial charge in [-0.1, -0.05) is 19.4 Å². The quantitative estimate of drug-likeness (QED) is 0.640. The monoisotopic (exact) mass is 263 g/mol. The molecule has 106 valence electrons. The lowest BCUT2D eigenvalue weighted by atomic mass is 10.1.